The summed E-state index contributed by atoms with van der Waals surface area (Å²) in [5, 5.41) is 0. The highest BCUT2D eigenvalue weighted by Gasteiger charge is 2.25. The Morgan fingerprint density at radius 3 is 2.83 bits per heavy atom. The molecule has 1 amide bonds. The van der Waals surface area contributed by atoms with E-state index in [1.54, 1.807) is 0 Å². The molecule has 1 heterocycles. The van der Waals surface area contributed by atoms with E-state index in [0.29, 0.717) is 6.54 Å². The lowest BCUT2D eigenvalue weighted by Crippen LogP contribution is -2.41. The molecule has 0 aliphatic carbocycles. The molecule has 4 N–H and O–H groups in total. The number of anilines is 1. The number of hydrogen-bond acceptors (Lipinski definition) is 3. The molecule has 1 aromatic carbocycles. The van der Waals surface area contributed by atoms with Gasteiger partial charge in [0.2, 0.25) is 5.91 Å². The van der Waals surface area contributed by atoms with Crippen molar-refractivity contribution in [3.63, 3.8) is 0 Å². The first-order chi connectivity index (χ1) is 8.59. The summed E-state index contributed by atoms with van der Waals surface area (Å²) < 4.78 is 0. The van der Waals surface area contributed by atoms with Gasteiger partial charge in [-0.05, 0) is 31.4 Å². The van der Waals surface area contributed by atoms with Crippen molar-refractivity contribution in [3.8, 4) is 0 Å². The monoisotopic (exact) mass is 247 g/mol. The van der Waals surface area contributed by atoms with Gasteiger partial charge in [-0.25, -0.2) is 0 Å². The molecule has 1 aliphatic rings. The van der Waals surface area contributed by atoms with Crippen molar-refractivity contribution in [2.45, 2.75) is 25.8 Å². The smallest absolute Gasteiger partial charge is 0.222 e. The second-order valence-corrected chi connectivity index (χ2v) is 5.04. The van der Waals surface area contributed by atoms with Gasteiger partial charge in [-0.1, -0.05) is 18.2 Å². The SMILES string of the molecule is C[C@H](N)c1ccccc1N1CCCC(C(N)=O)C1. The standard InChI is InChI=1S/C14H21N3O/c1-10(15)12-6-2-3-7-13(12)17-8-4-5-11(9-17)14(16)18/h2-3,6-7,10-11H,4-5,8-9,15H2,1H3,(H2,16,18)/t10-,11?/m0/s1. The highest BCUT2D eigenvalue weighted by Crippen LogP contribution is 2.29. The number of rotatable bonds is 3. The maximum Gasteiger partial charge on any atom is 0.222 e. The van der Waals surface area contributed by atoms with E-state index in [-0.39, 0.29) is 17.9 Å². The van der Waals surface area contributed by atoms with Crippen molar-refractivity contribution in [2.24, 2.45) is 17.4 Å². The van der Waals surface area contributed by atoms with Crippen molar-refractivity contribution in [2.75, 3.05) is 18.0 Å². The number of hydrogen-bond donors (Lipinski definition) is 2. The number of piperidine rings is 1. The number of nitrogens with zero attached hydrogens (tertiary/aromatic N) is 1. The van der Waals surface area contributed by atoms with Crippen molar-refractivity contribution >= 4 is 11.6 Å². The first-order valence-corrected chi connectivity index (χ1v) is 6.48. The molecule has 1 aromatic rings. The lowest BCUT2D eigenvalue weighted by Gasteiger charge is -2.34. The maximum absolute atomic E-state index is 11.3. The van der Waals surface area contributed by atoms with Gasteiger partial charge in [0.15, 0.2) is 0 Å². The van der Waals surface area contributed by atoms with Crippen molar-refractivity contribution < 1.29 is 4.79 Å². The number of carbonyl (C=O) groups excluding carboxylic acids is 1. The molecule has 1 aliphatic heterocycles. The fourth-order valence-corrected chi connectivity index (χ4v) is 2.59. The highest BCUT2D eigenvalue weighted by molar-refractivity contribution is 5.77. The minimum atomic E-state index is -0.196. The second-order valence-electron chi connectivity index (χ2n) is 5.04. The van der Waals surface area contributed by atoms with Crippen LogP contribution in [0.25, 0.3) is 0 Å². The summed E-state index contributed by atoms with van der Waals surface area (Å²) in [6.07, 6.45) is 1.90. The number of nitrogens with two attached hydrogens (primary N) is 2. The van der Waals surface area contributed by atoms with Crippen molar-refractivity contribution in [3.05, 3.63) is 29.8 Å². The molecule has 1 saturated heterocycles. The Morgan fingerprint density at radius 2 is 2.17 bits per heavy atom. The van der Waals surface area contributed by atoms with E-state index in [1.807, 2.05) is 25.1 Å². The van der Waals surface area contributed by atoms with Crippen LogP contribution in [0.1, 0.15) is 31.4 Å². The fraction of sp³-hybridized carbons (Fsp3) is 0.500. The molecule has 1 fully saturated rings. The molecule has 2 rings (SSSR count). The second kappa shape index (κ2) is 5.40. The van der Waals surface area contributed by atoms with Gasteiger partial charge in [0.05, 0.1) is 5.92 Å². The van der Waals surface area contributed by atoms with Crippen molar-refractivity contribution in [1.82, 2.24) is 0 Å². The molecular weight excluding hydrogens is 226 g/mol. The molecule has 4 heteroatoms. The third kappa shape index (κ3) is 2.64. The van der Waals surface area contributed by atoms with Crippen LogP contribution >= 0.6 is 0 Å². The zero-order chi connectivity index (χ0) is 13.1. The van der Waals surface area contributed by atoms with E-state index in [4.69, 9.17) is 11.5 Å². The maximum atomic E-state index is 11.3. The summed E-state index contributed by atoms with van der Waals surface area (Å²) in [5.74, 6) is -0.238. The fourth-order valence-electron chi connectivity index (χ4n) is 2.59. The average Bonchev–Trinajstić information content (AvgIpc) is 2.39. The number of primary amides is 1. The molecule has 98 valence electrons. The third-order valence-corrected chi connectivity index (χ3v) is 3.59. The predicted octanol–water partition coefficient (Wildman–Crippen LogP) is 1.41. The lowest BCUT2D eigenvalue weighted by molar-refractivity contribution is -0.122. The molecule has 0 aromatic heterocycles. The topological polar surface area (TPSA) is 72.3 Å². The van der Waals surface area contributed by atoms with Crippen LogP contribution in [0.15, 0.2) is 24.3 Å². The molecule has 0 spiro atoms. The van der Waals surface area contributed by atoms with Crippen LogP contribution < -0.4 is 16.4 Å². The molecule has 1 unspecified atom stereocenters. The molecular formula is C14H21N3O. The van der Waals surface area contributed by atoms with Crippen LogP contribution in [0.2, 0.25) is 0 Å². The summed E-state index contributed by atoms with van der Waals surface area (Å²) in [4.78, 5) is 13.6. The number of amides is 1. The average molecular weight is 247 g/mol. The highest BCUT2D eigenvalue weighted by atomic mass is 16.1. The van der Waals surface area contributed by atoms with Crippen LogP contribution in [-0.2, 0) is 4.79 Å². The minimum absolute atomic E-state index is 0.00449. The molecule has 18 heavy (non-hydrogen) atoms. The number of benzene rings is 1. The third-order valence-electron chi connectivity index (χ3n) is 3.59. The van der Waals surface area contributed by atoms with Gasteiger partial charge in [-0.2, -0.15) is 0 Å². The van der Waals surface area contributed by atoms with E-state index < -0.39 is 0 Å². The quantitative estimate of drug-likeness (QED) is 0.848. The molecule has 0 radical (unpaired) electrons. The first-order valence-electron chi connectivity index (χ1n) is 6.48. The number of para-hydroxylation sites is 1. The van der Waals surface area contributed by atoms with Gasteiger partial charge in [-0.15, -0.1) is 0 Å². The Hall–Kier alpha value is -1.55. The Balaban J connectivity index is 2.23. The number of carbonyl (C=O) groups is 1. The molecule has 4 nitrogen and oxygen atoms in total. The largest absolute Gasteiger partial charge is 0.370 e. The summed E-state index contributed by atoms with van der Waals surface area (Å²) in [7, 11) is 0. The van der Waals surface area contributed by atoms with E-state index in [2.05, 4.69) is 11.0 Å². The van der Waals surface area contributed by atoms with Crippen LogP contribution in [0, 0.1) is 5.92 Å². The van der Waals surface area contributed by atoms with E-state index in [9.17, 15) is 4.79 Å². The van der Waals surface area contributed by atoms with Gasteiger partial charge in [0, 0.05) is 24.8 Å². The lowest BCUT2D eigenvalue weighted by atomic mass is 9.95. The van der Waals surface area contributed by atoms with E-state index in [1.165, 1.54) is 0 Å². The van der Waals surface area contributed by atoms with Crippen LogP contribution in [0.3, 0.4) is 0 Å². The van der Waals surface area contributed by atoms with E-state index >= 15 is 0 Å². The van der Waals surface area contributed by atoms with E-state index in [0.717, 1.165) is 30.6 Å². The van der Waals surface area contributed by atoms with Gasteiger partial charge in [0.25, 0.3) is 0 Å². The molecule has 0 saturated carbocycles. The van der Waals surface area contributed by atoms with Gasteiger partial charge >= 0.3 is 0 Å². The predicted molar refractivity (Wildman–Crippen MR) is 73.2 cm³/mol. The summed E-state index contributed by atoms with van der Waals surface area (Å²) in [5.41, 5.74) is 13.7. The van der Waals surface area contributed by atoms with Gasteiger partial charge in [-0.3, -0.25) is 4.79 Å². The Morgan fingerprint density at radius 1 is 1.44 bits per heavy atom. The molecule has 2 atom stereocenters. The first kappa shape index (κ1) is 12.9. The van der Waals surface area contributed by atoms with Crippen LogP contribution in [0.5, 0.6) is 0 Å². The summed E-state index contributed by atoms with van der Waals surface area (Å²) >= 11 is 0. The zero-order valence-electron chi connectivity index (χ0n) is 10.8. The Kier molecular flexibility index (Phi) is 3.87. The summed E-state index contributed by atoms with van der Waals surface area (Å²) in [6.45, 7) is 3.65. The van der Waals surface area contributed by atoms with Gasteiger partial charge < -0.3 is 16.4 Å². The molecule has 0 bridgehead atoms. The van der Waals surface area contributed by atoms with Crippen LogP contribution in [0.4, 0.5) is 5.69 Å². The normalized spacial score (nSPS) is 21.7. The van der Waals surface area contributed by atoms with Crippen LogP contribution in [-0.4, -0.2) is 19.0 Å². The minimum Gasteiger partial charge on any atom is -0.370 e. The Labute approximate surface area is 108 Å². The van der Waals surface area contributed by atoms with Crippen molar-refractivity contribution in [1.29, 1.82) is 0 Å². The summed E-state index contributed by atoms with van der Waals surface area (Å²) in [6, 6.07) is 8.12. The van der Waals surface area contributed by atoms with Gasteiger partial charge in [0.1, 0.15) is 0 Å². The Bertz CT molecular complexity index is 431. The zero-order valence-corrected chi connectivity index (χ0v) is 10.8.